The van der Waals surface area contributed by atoms with Gasteiger partial charge in [0.25, 0.3) is 5.91 Å². The van der Waals surface area contributed by atoms with E-state index in [9.17, 15) is 4.79 Å². The second kappa shape index (κ2) is 8.31. The zero-order valence-corrected chi connectivity index (χ0v) is 19.6. The van der Waals surface area contributed by atoms with Gasteiger partial charge in [-0.25, -0.2) is 9.98 Å². The van der Waals surface area contributed by atoms with E-state index in [-0.39, 0.29) is 11.9 Å². The van der Waals surface area contributed by atoms with Gasteiger partial charge in [0.05, 0.1) is 19.2 Å². The van der Waals surface area contributed by atoms with Crippen LogP contribution in [0.3, 0.4) is 0 Å². The minimum atomic E-state index is -0.00667. The van der Waals surface area contributed by atoms with Gasteiger partial charge in [-0.3, -0.25) is 14.6 Å². The Morgan fingerprint density at radius 1 is 1.03 bits per heavy atom. The maximum absolute atomic E-state index is 13.8. The molecule has 1 fully saturated rings. The number of aromatic nitrogens is 2. The van der Waals surface area contributed by atoms with E-state index in [4.69, 9.17) is 14.7 Å². The van der Waals surface area contributed by atoms with E-state index >= 15 is 0 Å². The van der Waals surface area contributed by atoms with Crippen LogP contribution in [0.2, 0.25) is 0 Å². The largest absolute Gasteiger partial charge is 0.497 e. The zero-order valence-electron chi connectivity index (χ0n) is 19.6. The van der Waals surface area contributed by atoms with E-state index in [0.29, 0.717) is 31.2 Å². The molecule has 3 aromatic rings. The number of ether oxygens (including phenoxy) is 1. The Morgan fingerprint density at radius 3 is 2.56 bits per heavy atom. The number of guanidine groups is 1. The van der Waals surface area contributed by atoms with E-state index in [1.807, 2.05) is 42.2 Å². The smallest absolute Gasteiger partial charge is 0.281 e. The van der Waals surface area contributed by atoms with E-state index < -0.39 is 0 Å². The summed E-state index contributed by atoms with van der Waals surface area (Å²) in [7, 11) is 1.67. The van der Waals surface area contributed by atoms with Crippen LogP contribution in [0.15, 0.2) is 59.6 Å². The molecular weight excluding hydrogens is 426 g/mol. The molecule has 3 aliphatic rings. The van der Waals surface area contributed by atoms with E-state index in [0.717, 1.165) is 41.8 Å². The molecule has 7 heteroatoms. The van der Waals surface area contributed by atoms with E-state index in [1.165, 1.54) is 12.0 Å². The van der Waals surface area contributed by atoms with Gasteiger partial charge >= 0.3 is 0 Å². The maximum atomic E-state index is 13.8. The lowest BCUT2D eigenvalue weighted by molar-refractivity contribution is 0.0835. The number of rotatable bonds is 6. The SMILES string of the molecule is CCN1C(=O)c2c(nc(Cc3ccccc3)n2Cc2ccc(OC)cc2)N2C1=N[C@@H]1CCC[C@@H]12. The number of hydrogen-bond acceptors (Lipinski definition) is 5. The first-order valence-electron chi connectivity index (χ1n) is 12.1. The summed E-state index contributed by atoms with van der Waals surface area (Å²) in [4.78, 5) is 28.0. The number of benzene rings is 2. The highest BCUT2D eigenvalue weighted by Crippen LogP contribution is 2.41. The number of imidazole rings is 1. The first-order chi connectivity index (χ1) is 16.7. The van der Waals surface area contributed by atoms with Crippen LogP contribution in [0.4, 0.5) is 5.82 Å². The van der Waals surface area contributed by atoms with Gasteiger partial charge in [0.1, 0.15) is 11.6 Å². The number of methoxy groups -OCH3 is 1. The van der Waals surface area contributed by atoms with Crippen LogP contribution in [-0.4, -0.2) is 52.1 Å². The summed E-state index contributed by atoms with van der Waals surface area (Å²) in [6.45, 7) is 3.19. The molecule has 1 aliphatic carbocycles. The van der Waals surface area contributed by atoms with Gasteiger partial charge in [0.2, 0.25) is 5.96 Å². The average molecular weight is 456 g/mol. The Labute approximate surface area is 199 Å². The monoisotopic (exact) mass is 455 g/mol. The van der Waals surface area contributed by atoms with Gasteiger partial charge in [-0.05, 0) is 49.4 Å². The summed E-state index contributed by atoms with van der Waals surface area (Å²) in [6.07, 6.45) is 4.00. The molecule has 2 aliphatic heterocycles. The first kappa shape index (κ1) is 21.0. The Bertz CT molecular complexity index is 1250. The third kappa shape index (κ3) is 3.30. The molecule has 2 aromatic carbocycles. The molecule has 7 nitrogen and oxygen atoms in total. The summed E-state index contributed by atoms with van der Waals surface area (Å²) in [6, 6.07) is 18.9. The van der Waals surface area contributed by atoms with Crippen LogP contribution < -0.4 is 9.64 Å². The van der Waals surface area contributed by atoms with Gasteiger partial charge < -0.3 is 9.30 Å². The van der Waals surface area contributed by atoms with Crippen molar-refractivity contribution in [1.29, 1.82) is 0 Å². The highest BCUT2D eigenvalue weighted by molar-refractivity contribution is 6.18. The molecule has 1 aromatic heterocycles. The number of nitrogens with zero attached hydrogens (tertiary/aromatic N) is 5. The lowest BCUT2D eigenvalue weighted by Gasteiger charge is -2.35. The van der Waals surface area contributed by atoms with Crippen LogP contribution in [0, 0.1) is 0 Å². The van der Waals surface area contributed by atoms with Crippen molar-refractivity contribution in [3.8, 4) is 5.75 Å². The predicted octanol–water partition coefficient (Wildman–Crippen LogP) is 4.10. The second-order valence-corrected chi connectivity index (χ2v) is 9.21. The van der Waals surface area contributed by atoms with E-state index in [1.54, 1.807) is 7.11 Å². The quantitative estimate of drug-likeness (QED) is 0.561. The third-order valence-corrected chi connectivity index (χ3v) is 7.24. The summed E-state index contributed by atoms with van der Waals surface area (Å²) in [5, 5.41) is 0. The van der Waals surface area contributed by atoms with Crippen molar-refractivity contribution in [2.45, 2.75) is 51.2 Å². The van der Waals surface area contributed by atoms with Crippen LogP contribution >= 0.6 is 0 Å². The van der Waals surface area contributed by atoms with E-state index in [2.05, 4.69) is 33.7 Å². The molecule has 2 atom stereocenters. The van der Waals surface area contributed by atoms with Gasteiger partial charge in [0, 0.05) is 19.5 Å². The normalized spacial score (nSPS) is 20.8. The number of carbonyl (C=O) groups is 1. The molecule has 3 heterocycles. The fraction of sp³-hybridized carbons (Fsp3) is 0.370. The molecule has 0 N–H and O–H groups in total. The summed E-state index contributed by atoms with van der Waals surface area (Å²) >= 11 is 0. The van der Waals surface area contributed by atoms with Crippen molar-refractivity contribution >= 4 is 17.7 Å². The number of fused-ring (bicyclic) bond motifs is 5. The summed E-state index contributed by atoms with van der Waals surface area (Å²) in [5.74, 6) is 3.28. The molecule has 6 rings (SSSR count). The molecule has 1 saturated carbocycles. The highest BCUT2D eigenvalue weighted by atomic mass is 16.5. The summed E-state index contributed by atoms with van der Waals surface area (Å²) in [5.41, 5.74) is 2.95. The Balaban J connectivity index is 1.48. The van der Waals surface area contributed by atoms with Crippen molar-refractivity contribution < 1.29 is 9.53 Å². The van der Waals surface area contributed by atoms with Crippen molar-refractivity contribution in [3.63, 3.8) is 0 Å². The predicted molar refractivity (Wildman–Crippen MR) is 132 cm³/mol. The lowest BCUT2D eigenvalue weighted by atomic mass is 10.1. The van der Waals surface area contributed by atoms with Crippen LogP contribution in [-0.2, 0) is 13.0 Å². The Kier molecular flexibility index (Phi) is 5.12. The molecule has 0 bridgehead atoms. The average Bonchev–Trinajstić information content (AvgIpc) is 3.54. The van der Waals surface area contributed by atoms with Crippen LogP contribution in [0.1, 0.15) is 53.6 Å². The zero-order chi connectivity index (χ0) is 23.2. The number of anilines is 1. The standard InChI is InChI=1S/C27H29N5O2/c1-3-30-26(33)24-25(32-22-11-7-10-21(22)28-27(30)32)29-23(16-18-8-5-4-6-9-18)31(24)17-19-12-14-20(34-2)15-13-19/h4-6,8-9,12-15,21-22H,3,7,10-11,16-17H2,1-2H3/t21-,22+/m1/s1. The number of aliphatic imine (C=N–C) groups is 1. The molecule has 174 valence electrons. The number of hydrogen-bond donors (Lipinski definition) is 0. The van der Waals surface area contributed by atoms with Crippen LogP contribution in [0.25, 0.3) is 0 Å². The molecule has 0 spiro atoms. The van der Waals surface area contributed by atoms with Gasteiger partial charge in [-0.2, -0.15) is 0 Å². The molecule has 34 heavy (non-hydrogen) atoms. The molecule has 0 saturated heterocycles. The molecule has 0 radical (unpaired) electrons. The maximum Gasteiger partial charge on any atom is 0.281 e. The van der Waals surface area contributed by atoms with Crippen molar-refractivity contribution in [1.82, 2.24) is 14.5 Å². The fourth-order valence-electron chi connectivity index (χ4n) is 5.55. The van der Waals surface area contributed by atoms with Crippen LogP contribution in [0.5, 0.6) is 5.75 Å². The summed E-state index contributed by atoms with van der Waals surface area (Å²) < 4.78 is 7.45. The lowest BCUT2D eigenvalue weighted by Crippen LogP contribution is -2.53. The highest BCUT2D eigenvalue weighted by Gasteiger charge is 2.49. The molecular formula is C27H29N5O2. The van der Waals surface area contributed by atoms with Gasteiger partial charge in [0.15, 0.2) is 11.5 Å². The van der Waals surface area contributed by atoms with Gasteiger partial charge in [-0.1, -0.05) is 42.5 Å². The van der Waals surface area contributed by atoms with Gasteiger partial charge in [-0.15, -0.1) is 0 Å². The fourth-order valence-corrected chi connectivity index (χ4v) is 5.55. The topological polar surface area (TPSA) is 63.0 Å². The van der Waals surface area contributed by atoms with Crippen molar-refractivity contribution in [2.75, 3.05) is 18.6 Å². The van der Waals surface area contributed by atoms with Crippen molar-refractivity contribution in [2.24, 2.45) is 4.99 Å². The molecule has 1 amide bonds. The Hall–Kier alpha value is -3.61. The third-order valence-electron chi connectivity index (χ3n) is 7.24. The second-order valence-electron chi connectivity index (χ2n) is 9.21. The Morgan fingerprint density at radius 2 is 1.82 bits per heavy atom. The molecule has 0 unspecified atom stereocenters. The minimum absolute atomic E-state index is 0.00667. The number of amides is 1. The first-order valence-corrected chi connectivity index (χ1v) is 12.1. The number of carbonyl (C=O) groups excluding carboxylic acids is 1. The minimum Gasteiger partial charge on any atom is -0.497 e. The van der Waals surface area contributed by atoms with Crippen molar-refractivity contribution in [3.05, 3.63) is 77.2 Å².